The summed E-state index contributed by atoms with van der Waals surface area (Å²) >= 11 is 0. The zero-order chi connectivity index (χ0) is 14.9. The van der Waals surface area contributed by atoms with Crippen molar-refractivity contribution in [2.75, 3.05) is 7.11 Å². The molecule has 0 saturated carbocycles. The standard InChI is InChI=1S/C13H12N2O5/c1-7(16)12-11-8(13(19)20-2)4-3-5-9(11)15(14-12)6-10(17)18/h3-5H,6H2,1-2H3,(H,17,18). The number of carbonyl (C=O) groups is 3. The molecule has 1 aromatic carbocycles. The first-order valence-corrected chi connectivity index (χ1v) is 5.76. The molecule has 1 heterocycles. The van der Waals surface area contributed by atoms with Gasteiger partial charge >= 0.3 is 11.9 Å². The van der Waals surface area contributed by atoms with Crippen LogP contribution in [0, 0.1) is 0 Å². The van der Waals surface area contributed by atoms with Gasteiger partial charge in [0.05, 0.1) is 18.2 Å². The summed E-state index contributed by atoms with van der Waals surface area (Å²) in [5.74, 6) is -2.04. The van der Waals surface area contributed by atoms with E-state index in [-0.39, 0.29) is 17.0 Å². The highest BCUT2D eigenvalue weighted by molar-refractivity contribution is 6.13. The number of aliphatic carboxylic acids is 1. The number of nitrogens with zero attached hydrogens (tertiary/aromatic N) is 2. The lowest BCUT2D eigenvalue weighted by atomic mass is 10.1. The number of carbonyl (C=O) groups excluding carboxylic acids is 2. The van der Waals surface area contributed by atoms with Gasteiger partial charge in [0.15, 0.2) is 5.78 Å². The SMILES string of the molecule is COC(=O)c1cccc2c1c(C(C)=O)nn2CC(=O)O. The monoisotopic (exact) mass is 276 g/mol. The molecular formula is C13H12N2O5. The summed E-state index contributed by atoms with van der Waals surface area (Å²) in [6.07, 6.45) is 0. The number of esters is 1. The van der Waals surface area contributed by atoms with E-state index in [4.69, 9.17) is 5.11 Å². The Labute approximate surface area is 113 Å². The van der Waals surface area contributed by atoms with Crippen LogP contribution in [-0.2, 0) is 16.1 Å². The van der Waals surface area contributed by atoms with Crippen molar-refractivity contribution < 1.29 is 24.2 Å². The van der Waals surface area contributed by atoms with E-state index >= 15 is 0 Å². The van der Waals surface area contributed by atoms with Crippen LogP contribution in [0.4, 0.5) is 0 Å². The van der Waals surface area contributed by atoms with E-state index < -0.39 is 18.5 Å². The van der Waals surface area contributed by atoms with E-state index in [1.54, 1.807) is 12.1 Å². The van der Waals surface area contributed by atoms with Crippen LogP contribution in [0.3, 0.4) is 0 Å². The Morgan fingerprint density at radius 3 is 2.60 bits per heavy atom. The van der Waals surface area contributed by atoms with Crippen LogP contribution in [-0.4, -0.2) is 39.7 Å². The number of carboxylic acid groups (broad SMARTS) is 1. The average molecular weight is 276 g/mol. The Morgan fingerprint density at radius 1 is 1.35 bits per heavy atom. The van der Waals surface area contributed by atoms with Crippen molar-refractivity contribution in [2.45, 2.75) is 13.5 Å². The first-order valence-electron chi connectivity index (χ1n) is 5.76. The number of hydrogen-bond donors (Lipinski definition) is 1. The number of carboxylic acids is 1. The van der Waals surface area contributed by atoms with E-state index in [1.807, 2.05) is 0 Å². The Kier molecular flexibility index (Phi) is 3.51. The molecule has 0 aliphatic carbocycles. The molecule has 7 nitrogen and oxygen atoms in total. The maximum atomic E-state index is 11.7. The Hall–Kier alpha value is -2.70. The van der Waals surface area contributed by atoms with Crippen molar-refractivity contribution in [1.82, 2.24) is 9.78 Å². The fraction of sp³-hybridized carbons (Fsp3) is 0.231. The van der Waals surface area contributed by atoms with Crippen molar-refractivity contribution in [3.8, 4) is 0 Å². The highest BCUT2D eigenvalue weighted by Gasteiger charge is 2.21. The van der Waals surface area contributed by atoms with E-state index in [2.05, 4.69) is 9.84 Å². The van der Waals surface area contributed by atoms with Gasteiger partial charge in [-0.3, -0.25) is 14.3 Å². The zero-order valence-electron chi connectivity index (χ0n) is 10.9. The molecule has 0 amide bonds. The third kappa shape index (κ3) is 2.25. The zero-order valence-corrected chi connectivity index (χ0v) is 10.9. The first kappa shape index (κ1) is 13.7. The van der Waals surface area contributed by atoms with Crippen molar-refractivity contribution in [3.05, 3.63) is 29.5 Å². The molecule has 0 fully saturated rings. The summed E-state index contributed by atoms with van der Waals surface area (Å²) < 4.78 is 5.85. The van der Waals surface area contributed by atoms with Crippen molar-refractivity contribution in [2.24, 2.45) is 0 Å². The second kappa shape index (κ2) is 5.12. The lowest BCUT2D eigenvalue weighted by Crippen LogP contribution is -2.10. The summed E-state index contributed by atoms with van der Waals surface area (Å²) in [5.41, 5.74) is 0.648. The van der Waals surface area contributed by atoms with Crippen LogP contribution in [0.1, 0.15) is 27.8 Å². The number of ketones is 1. The van der Waals surface area contributed by atoms with Gasteiger partial charge in [-0.25, -0.2) is 4.79 Å². The van der Waals surface area contributed by atoms with Crippen molar-refractivity contribution in [3.63, 3.8) is 0 Å². The lowest BCUT2D eigenvalue weighted by molar-refractivity contribution is -0.137. The topological polar surface area (TPSA) is 98.5 Å². The van der Waals surface area contributed by atoms with Gasteiger partial charge in [0.1, 0.15) is 12.2 Å². The smallest absolute Gasteiger partial charge is 0.338 e. The molecule has 20 heavy (non-hydrogen) atoms. The maximum absolute atomic E-state index is 11.7. The molecule has 104 valence electrons. The number of hydrogen-bond acceptors (Lipinski definition) is 5. The fourth-order valence-electron chi connectivity index (χ4n) is 2.00. The highest BCUT2D eigenvalue weighted by Crippen LogP contribution is 2.24. The molecule has 2 rings (SSSR count). The largest absolute Gasteiger partial charge is 0.480 e. The molecule has 1 N–H and O–H groups in total. The van der Waals surface area contributed by atoms with E-state index in [0.717, 1.165) is 0 Å². The van der Waals surface area contributed by atoms with Gasteiger partial charge in [-0.2, -0.15) is 5.10 Å². The number of rotatable bonds is 4. The molecule has 2 aromatic rings. The molecule has 1 aromatic heterocycles. The molecular weight excluding hydrogens is 264 g/mol. The number of Topliss-reactive ketones (excluding diaryl/α,β-unsaturated/α-hetero) is 1. The third-order valence-corrected chi connectivity index (χ3v) is 2.80. The number of methoxy groups -OCH3 is 1. The normalized spacial score (nSPS) is 10.5. The van der Waals surface area contributed by atoms with Crippen molar-refractivity contribution in [1.29, 1.82) is 0 Å². The molecule has 0 aliphatic rings. The first-order chi connectivity index (χ1) is 9.45. The minimum absolute atomic E-state index is 0.0576. The second-order valence-electron chi connectivity index (χ2n) is 4.15. The van der Waals surface area contributed by atoms with Gasteiger partial charge < -0.3 is 9.84 Å². The number of fused-ring (bicyclic) bond motifs is 1. The van der Waals surface area contributed by atoms with Crippen LogP contribution in [0.25, 0.3) is 10.9 Å². The van der Waals surface area contributed by atoms with Crippen LogP contribution >= 0.6 is 0 Å². The van der Waals surface area contributed by atoms with E-state index in [1.165, 1.54) is 24.8 Å². The van der Waals surface area contributed by atoms with E-state index in [0.29, 0.717) is 10.9 Å². The van der Waals surface area contributed by atoms with Gasteiger partial charge in [-0.05, 0) is 12.1 Å². The minimum Gasteiger partial charge on any atom is -0.480 e. The number of aromatic nitrogens is 2. The highest BCUT2D eigenvalue weighted by atomic mass is 16.5. The summed E-state index contributed by atoms with van der Waals surface area (Å²) in [6.45, 7) is 0.912. The summed E-state index contributed by atoms with van der Waals surface area (Å²) in [7, 11) is 1.23. The molecule has 0 spiro atoms. The fourth-order valence-corrected chi connectivity index (χ4v) is 2.00. The third-order valence-electron chi connectivity index (χ3n) is 2.80. The lowest BCUT2D eigenvalue weighted by Gasteiger charge is -2.02. The van der Waals surface area contributed by atoms with Crippen LogP contribution in [0.2, 0.25) is 0 Å². The summed E-state index contributed by atoms with van der Waals surface area (Å²) in [5, 5.41) is 13.2. The number of ether oxygens (including phenoxy) is 1. The van der Waals surface area contributed by atoms with Crippen molar-refractivity contribution >= 4 is 28.6 Å². The molecule has 0 bridgehead atoms. The Morgan fingerprint density at radius 2 is 2.05 bits per heavy atom. The second-order valence-corrected chi connectivity index (χ2v) is 4.15. The molecule has 0 aliphatic heterocycles. The van der Waals surface area contributed by atoms with Gasteiger partial charge in [-0.15, -0.1) is 0 Å². The van der Waals surface area contributed by atoms with Gasteiger partial charge in [-0.1, -0.05) is 6.07 Å². The van der Waals surface area contributed by atoms with Gasteiger partial charge in [0.2, 0.25) is 0 Å². The van der Waals surface area contributed by atoms with Crippen LogP contribution < -0.4 is 0 Å². The maximum Gasteiger partial charge on any atom is 0.338 e. The van der Waals surface area contributed by atoms with Crippen LogP contribution in [0.15, 0.2) is 18.2 Å². The molecule has 0 radical (unpaired) electrons. The Bertz CT molecular complexity index is 717. The molecule has 0 saturated heterocycles. The summed E-state index contributed by atoms with van der Waals surface area (Å²) in [6, 6.07) is 4.69. The minimum atomic E-state index is -1.09. The number of benzene rings is 1. The predicted molar refractivity (Wildman–Crippen MR) is 68.7 cm³/mol. The average Bonchev–Trinajstić information content (AvgIpc) is 2.76. The molecule has 0 atom stereocenters. The van der Waals surface area contributed by atoms with Crippen LogP contribution in [0.5, 0.6) is 0 Å². The van der Waals surface area contributed by atoms with Gasteiger partial charge in [0, 0.05) is 12.3 Å². The quantitative estimate of drug-likeness (QED) is 0.663. The van der Waals surface area contributed by atoms with E-state index in [9.17, 15) is 14.4 Å². The predicted octanol–water partition coefficient (Wildman–Crippen LogP) is 1.11. The molecule has 0 unspecified atom stereocenters. The molecule has 7 heteroatoms. The summed E-state index contributed by atoms with van der Waals surface area (Å²) in [4.78, 5) is 34.2. The Balaban J connectivity index is 2.79. The van der Waals surface area contributed by atoms with Gasteiger partial charge in [0.25, 0.3) is 0 Å².